The molecule has 0 saturated heterocycles. The molecule has 0 aromatic carbocycles. The van der Waals surface area contributed by atoms with Gasteiger partial charge in [0.25, 0.3) is 0 Å². The zero-order valence-corrected chi connectivity index (χ0v) is 19.9. The quantitative estimate of drug-likeness (QED) is 0.214. The molecule has 1 heterocycles. The van der Waals surface area contributed by atoms with Gasteiger partial charge >= 0.3 is 5.97 Å². The Bertz CT molecular complexity index is 649. The maximum Gasteiger partial charge on any atom is 0.350 e. The van der Waals surface area contributed by atoms with E-state index in [4.69, 9.17) is 4.74 Å². The molecule has 0 radical (unpaired) electrons. The maximum atomic E-state index is 11.9. The second-order valence-electron chi connectivity index (χ2n) is 6.02. The van der Waals surface area contributed by atoms with Crippen molar-refractivity contribution in [2.24, 2.45) is 4.99 Å². The Hall–Kier alpha value is -1.43. The molecule has 154 valence electrons. The first-order chi connectivity index (χ1) is 12.3. The van der Waals surface area contributed by atoms with Gasteiger partial charge in [0.05, 0.1) is 18.3 Å². The molecule has 1 aromatic heterocycles. The number of aromatic nitrogens is 1. The van der Waals surface area contributed by atoms with E-state index in [0.717, 1.165) is 5.01 Å². The summed E-state index contributed by atoms with van der Waals surface area (Å²) in [6.45, 7) is 10.2. The van der Waals surface area contributed by atoms with Crippen molar-refractivity contribution in [3.8, 4) is 0 Å². The number of nitrogens with zero attached hydrogens (tertiary/aromatic N) is 2. The number of carbonyl (C=O) groups is 2. The molecule has 0 spiro atoms. The molecule has 1 aromatic rings. The fourth-order valence-corrected chi connectivity index (χ4v) is 3.10. The maximum absolute atomic E-state index is 11.9. The first-order valence-corrected chi connectivity index (χ1v) is 9.51. The average Bonchev–Trinajstić information content (AvgIpc) is 2.95. The van der Waals surface area contributed by atoms with Crippen LogP contribution in [-0.2, 0) is 9.53 Å². The van der Waals surface area contributed by atoms with E-state index in [0.29, 0.717) is 36.1 Å². The summed E-state index contributed by atoms with van der Waals surface area (Å²) < 4.78 is 5.04. The number of rotatable bonds is 8. The van der Waals surface area contributed by atoms with Crippen molar-refractivity contribution in [1.82, 2.24) is 20.9 Å². The van der Waals surface area contributed by atoms with Crippen LogP contribution in [0.4, 0.5) is 0 Å². The second-order valence-corrected chi connectivity index (χ2v) is 7.05. The Kier molecular flexibility index (Phi) is 12.2. The summed E-state index contributed by atoms with van der Waals surface area (Å²) in [6.07, 6.45) is 0.358. The summed E-state index contributed by atoms with van der Waals surface area (Å²) in [7, 11) is 1.66. The molecule has 0 bridgehead atoms. The molecule has 1 amide bonds. The van der Waals surface area contributed by atoms with E-state index >= 15 is 0 Å². The average molecular weight is 511 g/mol. The highest BCUT2D eigenvalue weighted by Crippen LogP contribution is 2.24. The summed E-state index contributed by atoms with van der Waals surface area (Å²) in [6, 6.07) is -0.0146. The molecule has 10 heteroatoms. The van der Waals surface area contributed by atoms with Crippen molar-refractivity contribution in [3.63, 3.8) is 0 Å². The molecular weight excluding hydrogens is 481 g/mol. The highest BCUT2D eigenvalue weighted by molar-refractivity contribution is 14.0. The summed E-state index contributed by atoms with van der Waals surface area (Å²) in [5, 5.41) is 9.92. The Labute approximate surface area is 182 Å². The van der Waals surface area contributed by atoms with E-state index in [2.05, 4.69) is 25.9 Å². The van der Waals surface area contributed by atoms with Crippen LogP contribution in [0.5, 0.6) is 0 Å². The van der Waals surface area contributed by atoms with Gasteiger partial charge in [-0.25, -0.2) is 9.78 Å². The normalized spacial score (nSPS) is 12.2. The lowest BCUT2D eigenvalue weighted by atomic mass is 10.3. The first-order valence-electron chi connectivity index (χ1n) is 8.69. The lowest BCUT2D eigenvalue weighted by molar-refractivity contribution is -0.121. The van der Waals surface area contributed by atoms with Crippen LogP contribution in [0.15, 0.2) is 4.99 Å². The van der Waals surface area contributed by atoms with Gasteiger partial charge < -0.3 is 20.7 Å². The van der Waals surface area contributed by atoms with Gasteiger partial charge in [0.1, 0.15) is 9.88 Å². The smallest absolute Gasteiger partial charge is 0.350 e. The lowest BCUT2D eigenvalue weighted by Crippen LogP contribution is -2.41. The van der Waals surface area contributed by atoms with Gasteiger partial charge in [-0.1, -0.05) is 0 Å². The van der Waals surface area contributed by atoms with Gasteiger partial charge in [-0.2, -0.15) is 0 Å². The summed E-state index contributed by atoms with van der Waals surface area (Å²) in [4.78, 5) is 32.7. The van der Waals surface area contributed by atoms with Crippen molar-refractivity contribution < 1.29 is 14.3 Å². The van der Waals surface area contributed by atoms with E-state index in [1.807, 2.05) is 20.8 Å². The van der Waals surface area contributed by atoms with E-state index < -0.39 is 0 Å². The van der Waals surface area contributed by atoms with Crippen molar-refractivity contribution in [2.75, 3.05) is 20.2 Å². The van der Waals surface area contributed by atoms with Crippen LogP contribution in [0.25, 0.3) is 0 Å². The highest BCUT2D eigenvalue weighted by Gasteiger charge is 2.20. The molecule has 1 unspecified atom stereocenters. The van der Waals surface area contributed by atoms with E-state index in [-0.39, 0.29) is 47.9 Å². The number of esters is 1. The number of nitrogens with one attached hydrogen (secondary N) is 3. The van der Waals surface area contributed by atoms with Crippen LogP contribution < -0.4 is 16.0 Å². The zero-order valence-electron chi connectivity index (χ0n) is 16.7. The second kappa shape index (κ2) is 12.9. The number of amides is 1. The van der Waals surface area contributed by atoms with Crippen LogP contribution in [0, 0.1) is 6.92 Å². The van der Waals surface area contributed by atoms with Gasteiger partial charge in [0.15, 0.2) is 5.96 Å². The van der Waals surface area contributed by atoms with E-state index in [1.54, 1.807) is 20.9 Å². The van der Waals surface area contributed by atoms with Crippen molar-refractivity contribution in [2.45, 2.75) is 53.1 Å². The third-order valence-electron chi connectivity index (χ3n) is 3.32. The summed E-state index contributed by atoms with van der Waals surface area (Å²) in [5.74, 6) is 0.214. The largest absolute Gasteiger partial charge is 0.462 e. The lowest BCUT2D eigenvalue weighted by Gasteiger charge is -2.16. The number of hydrogen-bond acceptors (Lipinski definition) is 6. The molecule has 0 saturated carbocycles. The van der Waals surface area contributed by atoms with E-state index in [1.165, 1.54) is 11.3 Å². The number of aliphatic imine (C=N–C) groups is 1. The van der Waals surface area contributed by atoms with Gasteiger partial charge in [-0.15, -0.1) is 35.3 Å². The zero-order chi connectivity index (χ0) is 19.7. The van der Waals surface area contributed by atoms with Crippen molar-refractivity contribution in [1.29, 1.82) is 0 Å². The van der Waals surface area contributed by atoms with Crippen LogP contribution in [0.1, 0.15) is 60.5 Å². The van der Waals surface area contributed by atoms with Crippen LogP contribution in [0.2, 0.25) is 0 Å². The van der Waals surface area contributed by atoms with Gasteiger partial charge in [-0.05, 0) is 34.6 Å². The number of hydrogen-bond donors (Lipinski definition) is 3. The summed E-state index contributed by atoms with van der Waals surface area (Å²) in [5.41, 5.74) is 0.658. The minimum atomic E-state index is -0.348. The number of carbonyl (C=O) groups excluding carboxylic acids is 2. The summed E-state index contributed by atoms with van der Waals surface area (Å²) >= 11 is 1.31. The molecule has 0 aliphatic heterocycles. The molecular formula is C17H30IN5O3S. The molecule has 0 aliphatic carbocycles. The number of guanidine groups is 1. The molecule has 8 nitrogen and oxygen atoms in total. The molecule has 3 N–H and O–H groups in total. The highest BCUT2D eigenvalue weighted by atomic mass is 127. The molecule has 0 fully saturated rings. The van der Waals surface area contributed by atoms with Crippen LogP contribution in [-0.4, -0.2) is 49.1 Å². The number of aryl methyl sites for hydroxylation is 1. The van der Waals surface area contributed by atoms with Crippen molar-refractivity contribution in [3.05, 3.63) is 15.6 Å². The predicted octanol–water partition coefficient (Wildman–Crippen LogP) is 2.39. The predicted molar refractivity (Wildman–Crippen MR) is 119 cm³/mol. The molecule has 27 heavy (non-hydrogen) atoms. The van der Waals surface area contributed by atoms with Gasteiger partial charge in [0, 0.05) is 26.1 Å². The standard InChI is InChI=1S/C17H29N5O3S.HI/c1-7-25-16(24)14-11(4)21-15(26-14)12(5)22-17(18-6)19-9-8-13(23)20-10(2)3;/h10,12H,7-9H2,1-6H3,(H,20,23)(H2,18,19,22);1H. The first kappa shape index (κ1) is 25.6. The van der Waals surface area contributed by atoms with Gasteiger partial charge in [-0.3, -0.25) is 9.79 Å². The Morgan fingerprint density at radius 1 is 1.26 bits per heavy atom. The minimum Gasteiger partial charge on any atom is -0.462 e. The topological polar surface area (TPSA) is 105 Å². The van der Waals surface area contributed by atoms with E-state index in [9.17, 15) is 9.59 Å². The van der Waals surface area contributed by atoms with Crippen LogP contribution in [0.3, 0.4) is 0 Å². The minimum absolute atomic E-state index is 0. The van der Waals surface area contributed by atoms with Gasteiger partial charge in [0.2, 0.25) is 5.91 Å². The SMILES string of the molecule is CCOC(=O)c1sc(C(C)NC(=NC)NCCC(=O)NC(C)C)nc1C.I. The molecule has 0 aliphatic rings. The molecule has 1 rings (SSSR count). The third-order valence-corrected chi connectivity index (χ3v) is 4.64. The monoisotopic (exact) mass is 511 g/mol. The Morgan fingerprint density at radius 3 is 2.48 bits per heavy atom. The fourth-order valence-electron chi connectivity index (χ4n) is 2.14. The number of halogens is 1. The molecule has 1 atom stereocenters. The van der Waals surface area contributed by atoms with Crippen LogP contribution >= 0.6 is 35.3 Å². The number of ether oxygens (including phenoxy) is 1. The number of thiazole rings is 1. The van der Waals surface area contributed by atoms with Crippen molar-refractivity contribution >= 4 is 53.1 Å². The third kappa shape index (κ3) is 8.87. The Morgan fingerprint density at radius 2 is 1.93 bits per heavy atom. The Balaban J connectivity index is 0.00000676. The fraction of sp³-hybridized carbons (Fsp3) is 0.647.